The van der Waals surface area contributed by atoms with Crippen LogP contribution in [-0.2, 0) is 9.59 Å². The van der Waals surface area contributed by atoms with Gasteiger partial charge in [-0.15, -0.1) is 0 Å². The zero-order chi connectivity index (χ0) is 23.4. The van der Waals surface area contributed by atoms with Crippen molar-refractivity contribution in [3.63, 3.8) is 0 Å². The summed E-state index contributed by atoms with van der Waals surface area (Å²) in [5.74, 6) is 0.727. The van der Waals surface area contributed by atoms with Gasteiger partial charge in [-0.1, -0.05) is 22.9 Å². The van der Waals surface area contributed by atoms with Crippen molar-refractivity contribution < 1.29 is 28.6 Å². The molecule has 2 aromatic carbocycles. The fraction of sp³-hybridized carbons (Fsp3) is 0.261. The first-order valence-electron chi connectivity index (χ1n) is 10.3. The third-order valence-electron chi connectivity index (χ3n) is 4.72. The van der Waals surface area contributed by atoms with Gasteiger partial charge in [0.15, 0.2) is 11.5 Å². The molecule has 8 nitrogen and oxygen atoms in total. The molecule has 1 fully saturated rings. The average molecular weight is 533 g/mol. The summed E-state index contributed by atoms with van der Waals surface area (Å²) >= 11 is 4.21. The van der Waals surface area contributed by atoms with Gasteiger partial charge < -0.3 is 19.5 Å². The molecule has 1 N–H and O–H groups in total. The Morgan fingerprint density at radius 3 is 2.76 bits per heavy atom. The number of rotatable bonds is 7. The molecule has 4 rings (SSSR count). The minimum atomic E-state index is -0.524. The molecule has 3 amide bonds. The minimum absolute atomic E-state index is 0.228. The van der Waals surface area contributed by atoms with Crippen molar-refractivity contribution in [3.05, 3.63) is 51.3 Å². The summed E-state index contributed by atoms with van der Waals surface area (Å²) < 4.78 is 17.5. The van der Waals surface area contributed by atoms with E-state index in [0.717, 1.165) is 27.6 Å². The van der Waals surface area contributed by atoms with E-state index in [-0.39, 0.29) is 4.91 Å². The van der Waals surface area contributed by atoms with Crippen molar-refractivity contribution in [1.29, 1.82) is 0 Å². The lowest BCUT2D eigenvalue weighted by atomic mass is 10.2. The van der Waals surface area contributed by atoms with Crippen LogP contribution in [0.2, 0.25) is 0 Å². The maximum atomic E-state index is 12.9. The maximum absolute atomic E-state index is 12.9. The summed E-state index contributed by atoms with van der Waals surface area (Å²) in [5, 5.41) is 2.18. The molecule has 2 aromatic rings. The number of carbonyl (C=O) groups is 3. The molecule has 0 aliphatic carbocycles. The van der Waals surface area contributed by atoms with E-state index in [9.17, 15) is 14.4 Å². The number of thioether (sulfide) groups is 1. The Morgan fingerprint density at radius 1 is 1.18 bits per heavy atom. The predicted octanol–water partition coefficient (Wildman–Crippen LogP) is 4.68. The van der Waals surface area contributed by atoms with Gasteiger partial charge in [0.2, 0.25) is 5.91 Å². The van der Waals surface area contributed by atoms with E-state index in [2.05, 4.69) is 21.2 Å². The molecule has 0 radical (unpaired) electrons. The molecular weight excluding hydrogens is 512 g/mol. The largest absolute Gasteiger partial charge is 0.493 e. The number of anilines is 1. The fourth-order valence-corrected chi connectivity index (χ4v) is 4.43. The van der Waals surface area contributed by atoms with Crippen molar-refractivity contribution in [2.75, 3.05) is 31.7 Å². The molecule has 0 atom stereocenters. The summed E-state index contributed by atoms with van der Waals surface area (Å²) in [6.07, 6.45) is 2.45. The van der Waals surface area contributed by atoms with Crippen LogP contribution in [-0.4, -0.2) is 48.3 Å². The molecule has 2 aliphatic rings. The fourth-order valence-electron chi connectivity index (χ4n) is 3.22. The third kappa shape index (κ3) is 5.51. The molecular formula is C23H21BrN2O6S. The highest BCUT2D eigenvalue weighted by atomic mass is 79.9. The Kier molecular flexibility index (Phi) is 7.24. The molecule has 0 spiro atoms. The van der Waals surface area contributed by atoms with Gasteiger partial charge in [-0.05, 0) is 54.6 Å². The van der Waals surface area contributed by atoms with Crippen LogP contribution in [0.5, 0.6) is 17.2 Å². The van der Waals surface area contributed by atoms with Crippen molar-refractivity contribution in [2.45, 2.75) is 13.3 Å². The topological polar surface area (TPSA) is 94.2 Å². The number of carbonyl (C=O) groups excluding carboxylic acids is 3. The van der Waals surface area contributed by atoms with E-state index in [1.54, 1.807) is 30.3 Å². The number of ether oxygens (including phenoxy) is 3. The first-order chi connectivity index (χ1) is 15.9. The van der Waals surface area contributed by atoms with E-state index in [0.29, 0.717) is 48.3 Å². The van der Waals surface area contributed by atoms with Crippen molar-refractivity contribution >= 4 is 56.5 Å². The summed E-state index contributed by atoms with van der Waals surface area (Å²) in [4.78, 5) is 39.0. The number of nitrogens with zero attached hydrogens (tertiary/aromatic N) is 1. The lowest BCUT2D eigenvalue weighted by molar-refractivity contribution is -0.127. The molecule has 2 aliphatic heterocycles. The lowest BCUT2D eigenvalue weighted by Crippen LogP contribution is -2.36. The summed E-state index contributed by atoms with van der Waals surface area (Å²) in [6.45, 7) is 3.03. The zero-order valence-electron chi connectivity index (χ0n) is 17.8. The van der Waals surface area contributed by atoms with Crippen molar-refractivity contribution in [2.24, 2.45) is 0 Å². The molecule has 0 aromatic heterocycles. The Hall–Kier alpha value is -2.98. The number of halogens is 1. The van der Waals surface area contributed by atoms with Crippen LogP contribution in [0, 0.1) is 0 Å². The van der Waals surface area contributed by atoms with Crippen LogP contribution in [0.15, 0.2) is 45.8 Å². The van der Waals surface area contributed by atoms with Crippen LogP contribution in [0.4, 0.5) is 10.5 Å². The first kappa shape index (κ1) is 23.2. The second-order valence-electron chi connectivity index (χ2n) is 7.21. The Morgan fingerprint density at radius 2 is 1.97 bits per heavy atom. The minimum Gasteiger partial charge on any atom is -0.493 e. The molecule has 0 unspecified atom stereocenters. The van der Waals surface area contributed by atoms with Crippen LogP contribution < -0.4 is 19.5 Å². The normalized spacial score (nSPS) is 16.3. The number of fused-ring (bicyclic) bond motifs is 1. The highest BCUT2D eigenvalue weighted by Crippen LogP contribution is 2.35. The van der Waals surface area contributed by atoms with Gasteiger partial charge in [0.1, 0.15) is 25.5 Å². The van der Waals surface area contributed by atoms with Gasteiger partial charge >= 0.3 is 0 Å². The highest BCUT2D eigenvalue weighted by molar-refractivity contribution is 9.10. The van der Waals surface area contributed by atoms with Crippen LogP contribution >= 0.6 is 27.7 Å². The number of benzene rings is 2. The number of imide groups is 1. The number of amides is 3. The average Bonchev–Trinajstić information content (AvgIpc) is 3.05. The molecule has 0 bridgehead atoms. The van der Waals surface area contributed by atoms with Crippen LogP contribution in [0.3, 0.4) is 0 Å². The second-order valence-corrected chi connectivity index (χ2v) is 9.11. The van der Waals surface area contributed by atoms with Crippen molar-refractivity contribution in [1.82, 2.24) is 4.90 Å². The summed E-state index contributed by atoms with van der Waals surface area (Å²) in [6, 6.07) is 10.5. The second kappa shape index (κ2) is 10.3. The van der Waals surface area contributed by atoms with Gasteiger partial charge in [0.05, 0.1) is 11.5 Å². The zero-order valence-corrected chi connectivity index (χ0v) is 20.2. The van der Waals surface area contributed by atoms with Gasteiger partial charge in [0, 0.05) is 21.8 Å². The lowest BCUT2D eigenvalue weighted by Gasteiger charge is -2.19. The third-order valence-corrected chi connectivity index (χ3v) is 6.12. The summed E-state index contributed by atoms with van der Waals surface area (Å²) in [7, 11) is 0. The maximum Gasteiger partial charge on any atom is 0.294 e. The van der Waals surface area contributed by atoms with E-state index < -0.39 is 23.6 Å². The molecule has 1 saturated heterocycles. The van der Waals surface area contributed by atoms with E-state index >= 15 is 0 Å². The first-order valence-corrected chi connectivity index (χ1v) is 11.9. The SMILES string of the molecule is CCCOc1ccc(Br)cc1/C=C1/SC(=O)N(CC(=O)Nc2ccc3c(c2)OCCO3)C1=O. The van der Waals surface area contributed by atoms with Crippen LogP contribution in [0.1, 0.15) is 18.9 Å². The molecule has 0 saturated carbocycles. The Bertz CT molecular complexity index is 1140. The molecule has 2 heterocycles. The van der Waals surface area contributed by atoms with Crippen molar-refractivity contribution in [3.8, 4) is 17.2 Å². The van der Waals surface area contributed by atoms with E-state index in [1.165, 1.54) is 0 Å². The van der Waals surface area contributed by atoms with E-state index in [1.807, 2.05) is 19.1 Å². The monoisotopic (exact) mass is 532 g/mol. The van der Waals surface area contributed by atoms with E-state index in [4.69, 9.17) is 14.2 Å². The quantitative estimate of drug-likeness (QED) is 0.517. The Labute approximate surface area is 203 Å². The standard InChI is InChI=1S/C23H21BrN2O6S/c1-2-7-30-17-5-3-15(24)10-14(17)11-20-22(28)26(23(29)33-20)13-21(27)25-16-4-6-18-19(12-16)32-9-8-31-18/h3-6,10-12H,2,7-9,13H2,1H3,(H,25,27)/b20-11+. The van der Waals surface area contributed by atoms with Crippen LogP contribution in [0.25, 0.3) is 6.08 Å². The molecule has 33 heavy (non-hydrogen) atoms. The van der Waals surface area contributed by atoms with Gasteiger partial charge in [-0.2, -0.15) is 0 Å². The number of hydrogen-bond acceptors (Lipinski definition) is 7. The van der Waals surface area contributed by atoms with Gasteiger partial charge in [-0.25, -0.2) is 0 Å². The molecule has 172 valence electrons. The molecule has 10 heteroatoms. The predicted molar refractivity (Wildman–Crippen MR) is 129 cm³/mol. The highest BCUT2D eigenvalue weighted by Gasteiger charge is 2.36. The van der Waals surface area contributed by atoms with Gasteiger partial charge in [-0.3, -0.25) is 19.3 Å². The summed E-state index contributed by atoms with van der Waals surface area (Å²) in [5.41, 5.74) is 1.16. The Balaban J connectivity index is 1.45. The smallest absolute Gasteiger partial charge is 0.294 e. The number of nitrogens with one attached hydrogen (secondary N) is 1. The van der Waals surface area contributed by atoms with Gasteiger partial charge in [0.25, 0.3) is 11.1 Å². The number of hydrogen-bond donors (Lipinski definition) is 1.